The van der Waals surface area contributed by atoms with E-state index in [1.54, 1.807) is 12.1 Å². The molecule has 4 heteroatoms. The molecule has 19 heavy (non-hydrogen) atoms. The number of thioether (sulfide) groups is 1. The third kappa shape index (κ3) is 4.17. The summed E-state index contributed by atoms with van der Waals surface area (Å²) in [5, 5.41) is 0. The Balaban J connectivity index is 1.71. The first kappa shape index (κ1) is 13.7. The topological polar surface area (TPSA) is 35.2 Å². The highest BCUT2D eigenvalue weighted by Crippen LogP contribution is 2.23. The van der Waals surface area contributed by atoms with Crippen molar-refractivity contribution >= 4 is 17.4 Å². The van der Waals surface area contributed by atoms with Crippen LogP contribution in [0.3, 0.4) is 0 Å². The van der Waals surface area contributed by atoms with E-state index < -0.39 is 0 Å². The number of benzene rings is 2. The van der Waals surface area contributed by atoms with Crippen LogP contribution in [0.15, 0.2) is 53.4 Å². The van der Waals surface area contributed by atoms with Crippen LogP contribution in [0.1, 0.15) is 6.42 Å². The predicted molar refractivity (Wildman–Crippen MR) is 78.1 cm³/mol. The minimum Gasteiger partial charge on any atom is -0.491 e. The first-order valence-corrected chi connectivity index (χ1v) is 7.10. The monoisotopic (exact) mass is 277 g/mol. The number of anilines is 1. The fraction of sp³-hybridized carbons (Fsp3) is 0.200. The SMILES string of the molecule is Nc1ccccc1OCCCSc1ccccc1F. The van der Waals surface area contributed by atoms with Crippen LogP contribution in [0.25, 0.3) is 0 Å². The Labute approximate surface area is 116 Å². The molecule has 2 aromatic carbocycles. The molecular weight excluding hydrogens is 261 g/mol. The highest BCUT2D eigenvalue weighted by molar-refractivity contribution is 7.99. The van der Waals surface area contributed by atoms with Crippen LogP contribution in [0.4, 0.5) is 10.1 Å². The van der Waals surface area contributed by atoms with Crippen molar-refractivity contribution in [2.75, 3.05) is 18.1 Å². The van der Waals surface area contributed by atoms with Crippen molar-refractivity contribution in [2.45, 2.75) is 11.3 Å². The van der Waals surface area contributed by atoms with Gasteiger partial charge >= 0.3 is 0 Å². The van der Waals surface area contributed by atoms with Gasteiger partial charge in [0.1, 0.15) is 11.6 Å². The number of hydrogen-bond acceptors (Lipinski definition) is 3. The molecule has 0 radical (unpaired) electrons. The summed E-state index contributed by atoms with van der Waals surface area (Å²) in [4.78, 5) is 0.682. The Bertz CT molecular complexity index is 486. The molecule has 0 saturated carbocycles. The average Bonchev–Trinajstić information content (AvgIpc) is 2.42. The molecule has 2 N–H and O–H groups in total. The maximum Gasteiger partial charge on any atom is 0.142 e. The van der Waals surface area contributed by atoms with Crippen molar-refractivity contribution in [3.8, 4) is 5.75 Å². The van der Waals surface area contributed by atoms with E-state index in [1.165, 1.54) is 17.8 Å². The molecule has 0 unspecified atom stereocenters. The van der Waals surface area contributed by atoms with Gasteiger partial charge in [0.2, 0.25) is 0 Å². The number of nitrogens with two attached hydrogens (primary N) is 1. The zero-order chi connectivity index (χ0) is 13.5. The number of nitrogen functional groups attached to an aromatic ring is 1. The maximum atomic E-state index is 13.3. The highest BCUT2D eigenvalue weighted by Gasteiger charge is 2.01. The molecule has 0 aliphatic carbocycles. The standard InChI is InChI=1S/C15H16FNOS/c16-12-6-1-4-9-15(12)19-11-5-10-18-14-8-3-2-7-13(14)17/h1-4,6-9H,5,10-11,17H2. The van der Waals surface area contributed by atoms with E-state index in [1.807, 2.05) is 30.3 Å². The van der Waals surface area contributed by atoms with Gasteiger partial charge in [0, 0.05) is 10.6 Å². The third-order valence-electron chi connectivity index (χ3n) is 2.56. The molecule has 2 nitrogen and oxygen atoms in total. The van der Waals surface area contributed by atoms with E-state index >= 15 is 0 Å². The lowest BCUT2D eigenvalue weighted by Crippen LogP contribution is -2.01. The normalized spacial score (nSPS) is 10.4. The van der Waals surface area contributed by atoms with Gasteiger partial charge in [0.15, 0.2) is 0 Å². The van der Waals surface area contributed by atoms with Gasteiger partial charge in [-0.3, -0.25) is 0 Å². The van der Waals surface area contributed by atoms with Crippen LogP contribution < -0.4 is 10.5 Å². The summed E-state index contributed by atoms with van der Waals surface area (Å²) < 4.78 is 18.9. The smallest absolute Gasteiger partial charge is 0.142 e. The number of hydrogen-bond donors (Lipinski definition) is 1. The lowest BCUT2D eigenvalue weighted by molar-refractivity contribution is 0.320. The number of rotatable bonds is 6. The molecule has 0 aliphatic rings. The van der Waals surface area contributed by atoms with Gasteiger partial charge in [0.25, 0.3) is 0 Å². The summed E-state index contributed by atoms with van der Waals surface area (Å²) in [6.07, 6.45) is 0.841. The van der Waals surface area contributed by atoms with Crippen molar-refractivity contribution in [1.29, 1.82) is 0 Å². The van der Waals surface area contributed by atoms with E-state index in [2.05, 4.69) is 0 Å². The van der Waals surface area contributed by atoms with Gasteiger partial charge in [-0.1, -0.05) is 24.3 Å². The van der Waals surface area contributed by atoms with Crippen LogP contribution in [0, 0.1) is 5.82 Å². The van der Waals surface area contributed by atoms with E-state index in [0.29, 0.717) is 22.9 Å². The maximum absolute atomic E-state index is 13.3. The van der Waals surface area contributed by atoms with Crippen LogP contribution in [-0.4, -0.2) is 12.4 Å². The predicted octanol–water partition coefficient (Wildman–Crippen LogP) is 3.97. The molecule has 2 aromatic rings. The molecule has 0 bridgehead atoms. The van der Waals surface area contributed by atoms with Crippen LogP contribution >= 0.6 is 11.8 Å². The molecule has 0 saturated heterocycles. The second kappa shape index (κ2) is 7.04. The molecule has 100 valence electrons. The zero-order valence-corrected chi connectivity index (χ0v) is 11.3. The summed E-state index contributed by atoms with van der Waals surface area (Å²) >= 11 is 1.50. The molecule has 0 aliphatic heterocycles. The fourth-order valence-electron chi connectivity index (χ4n) is 1.60. The second-order valence-corrected chi connectivity index (χ2v) is 5.16. The van der Waals surface area contributed by atoms with Gasteiger partial charge in [-0.15, -0.1) is 11.8 Å². The van der Waals surface area contributed by atoms with Crippen LogP contribution in [0.5, 0.6) is 5.75 Å². The summed E-state index contributed by atoms with van der Waals surface area (Å²) in [6, 6.07) is 14.2. The quantitative estimate of drug-likeness (QED) is 0.493. The molecule has 2 rings (SSSR count). The van der Waals surface area contributed by atoms with Crippen molar-refractivity contribution in [2.24, 2.45) is 0 Å². The molecule has 0 fully saturated rings. The largest absolute Gasteiger partial charge is 0.491 e. The van der Waals surface area contributed by atoms with Crippen molar-refractivity contribution in [1.82, 2.24) is 0 Å². The summed E-state index contributed by atoms with van der Waals surface area (Å²) in [6.45, 7) is 0.579. The van der Waals surface area contributed by atoms with Crippen LogP contribution in [-0.2, 0) is 0 Å². The molecule has 0 amide bonds. The molecule has 0 spiro atoms. The summed E-state index contributed by atoms with van der Waals surface area (Å²) in [5.74, 6) is 1.35. The summed E-state index contributed by atoms with van der Waals surface area (Å²) in [7, 11) is 0. The van der Waals surface area contributed by atoms with Crippen molar-refractivity contribution < 1.29 is 9.13 Å². The highest BCUT2D eigenvalue weighted by atomic mass is 32.2. The van der Waals surface area contributed by atoms with Gasteiger partial charge < -0.3 is 10.5 Å². The van der Waals surface area contributed by atoms with Crippen molar-refractivity contribution in [3.05, 3.63) is 54.3 Å². The van der Waals surface area contributed by atoms with E-state index in [0.717, 1.165) is 12.2 Å². The summed E-state index contributed by atoms with van der Waals surface area (Å²) in [5.41, 5.74) is 6.41. The molecular formula is C15H16FNOS. The molecule has 0 atom stereocenters. The van der Waals surface area contributed by atoms with E-state index in [9.17, 15) is 4.39 Å². The van der Waals surface area contributed by atoms with E-state index in [4.69, 9.17) is 10.5 Å². The van der Waals surface area contributed by atoms with E-state index in [-0.39, 0.29) is 5.82 Å². The Morgan fingerprint density at radius 3 is 2.58 bits per heavy atom. The number of ether oxygens (including phenoxy) is 1. The van der Waals surface area contributed by atoms with Gasteiger partial charge in [-0.25, -0.2) is 4.39 Å². The lowest BCUT2D eigenvalue weighted by atomic mass is 10.3. The molecule has 0 heterocycles. The Kier molecular flexibility index (Phi) is 5.10. The Hall–Kier alpha value is -1.68. The first-order valence-electron chi connectivity index (χ1n) is 6.12. The minimum absolute atomic E-state index is 0.166. The third-order valence-corrected chi connectivity index (χ3v) is 3.69. The minimum atomic E-state index is -0.166. The average molecular weight is 277 g/mol. The van der Waals surface area contributed by atoms with Gasteiger partial charge in [-0.05, 0) is 30.7 Å². The zero-order valence-electron chi connectivity index (χ0n) is 10.5. The fourth-order valence-corrected chi connectivity index (χ4v) is 2.46. The first-order chi connectivity index (χ1) is 9.27. The van der Waals surface area contributed by atoms with Gasteiger partial charge in [0.05, 0.1) is 12.3 Å². The van der Waals surface area contributed by atoms with Gasteiger partial charge in [-0.2, -0.15) is 0 Å². The number of halogens is 1. The number of para-hydroxylation sites is 2. The van der Waals surface area contributed by atoms with Crippen LogP contribution in [0.2, 0.25) is 0 Å². The lowest BCUT2D eigenvalue weighted by Gasteiger charge is -2.08. The Morgan fingerprint density at radius 2 is 1.79 bits per heavy atom. The Morgan fingerprint density at radius 1 is 1.05 bits per heavy atom. The van der Waals surface area contributed by atoms with Crippen molar-refractivity contribution in [3.63, 3.8) is 0 Å². The molecule has 0 aromatic heterocycles. The second-order valence-electron chi connectivity index (χ2n) is 4.02.